The fourth-order valence-electron chi connectivity index (χ4n) is 2.59. The van der Waals surface area contributed by atoms with Crippen LogP contribution in [0.2, 0.25) is 0 Å². The molecule has 136 valence electrons. The Bertz CT molecular complexity index is 1080. The number of hydrogen-bond donors (Lipinski definition) is 1. The van der Waals surface area contributed by atoms with Gasteiger partial charge in [-0.25, -0.2) is 13.8 Å². The average molecular weight is 384 g/mol. The van der Waals surface area contributed by atoms with Gasteiger partial charge in [-0.3, -0.25) is 5.10 Å². The van der Waals surface area contributed by atoms with Crippen LogP contribution in [0.15, 0.2) is 58.2 Å². The molecule has 2 aromatic carbocycles. The van der Waals surface area contributed by atoms with Gasteiger partial charge >= 0.3 is 0 Å². The van der Waals surface area contributed by atoms with Crippen molar-refractivity contribution >= 4 is 11.8 Å². The van der Waals surface area contributed by atoms with Gasteiger partial charge in [0.25, 0.3) is 0 Å². The van der Waals surface area contributed by atoms with Gasteiger partial charge < -0.3 is 4.52 Å². The zero-order valence-corrected chi connectivity index (χ0v) is 15.1. The number of H-pyrrole nitrogens is 1. The van der Waals surface area contributed by atoms with Crippen molar-refractivity contribution in [3.05, 3.63) is 71.4 Å². The highest BCUT2D eigenvalue weighted by atomic mass is 32.2. The summed E-state index contributed by atoms with van der Waals surface area (Å²) < 4.78 is 32.3. The molecule has 0 aliphatic carbocycles. The van der Waals surface area contributed by atoms with Gasteiger partial charge in [0.05, 0.1) is 11.3 Å². The molecule has 0 amide bonds. The van der Waals surface area contributed by atoms with Crippen LogP contribution in [0.1, 0.15) is 11.3 Å². The third-order valence-electron chi connectivity index (χ3n) is 4.06. The van der Waals surface area contributed by atoms with Crippen LogP contribution >= 0.6 is 11.8 Å². The Hall–Kier alpha value is -3.00. The van der Waals surface area contributed by atoms with E-state index in [0.717, 1.165) is 16.8 Å². The van der Waals surface area contributed by atoms with Crippen LogP contribution in [-0.2, 0) is 5.75 Å². The SMILES string of the molecule is Cc1c(CSc2n[nH]c(-c3ccccc3F)n2)noc1-c1ccc(F)cc1. The van der Waals surface area contributed by atoms with Crippen LogP contribution in [0.3, 0.4) is 0 Å². The summed E-state index contributed by atoms with van der Waals surface area (Å²) in [5.41, 5.74) is 2.75. The van der Waals surface area contributed by atoms with Gasteiger partial charge in [0, 0.05) is 16.9 Å². The molecule has 8 heteroatoms. The first-order valence-corrected chi connectivity index (χ1v) is 9.11. The summed E-state index contributed by atoms with van der Waals surface area (Å²) in [5, 5.41) is 11.4. The Balaban J connectivity index is 1.48. The summed E-state index contributed by atoms with van der Waals surface area (Å²) in [6.07, 6.45) is 0. The normalized spacial score (nSPS) is 11.1. The molecule has 0 aliphatic heterocycles. The molecular weight excluding hydrogens is 370 g/mol. The average Bonchev–Trinajstić information content (AvgIpc) is 3.28. The maximum atomic E-state index is 13.8. The Kier molecular flexibility index (Phi) is 4.72. The number of aromatic nitrogens is 4. The lowest BCUT2D eigenvalue weighted by Crippen LogP contribution is -1.87. The van der Waals surface area contributed by atoms with E-state index in [1.165, 1.54) is 30.0 Å². The molecule has 0 bridgehead atoms. The number of rotatable bonds is 5. The van der Waals surface area contributed by atoms with E-state index in [0.29, 0.717) is 28.1 Å². The highest BCUT2D eigenvalue weighted by Gasteiger charge is 2.16. The molecule has 0 saturated heterocycles. The van der Waals surface area contributed by atoms with E-state index in [-0.39, 0.29) is 11.6 Å². The molecule has 0 fully saturated rings. The molecule has 2 aromatic heterocycles. The molecule has 0 aliphatic rings. The largest absolute Gasteiger partial charge is 0.356 e. The van der Waals surface area contributed by atoms with Gasteiger partial charge in [0.15, 0.2) is 11.6 Å². The third-order valence-corrected chi connectivity index (χ3v) is 4.92. The third kappa shape index (κ3) is 3.61. The van der Waals surface area contributed by atoms with Crippen molar-refractivity contribution in [3.8, 4) is 22.7 Å². The van der Waals surface area contributed by atoms with Gasteiger partial charge in [-0.1, -0.05) is 29.1 Å². The quantitative estimate of drug-likeness (QED) is 0.490. The zero-order valence-electron chi connectivity index (χ0n) is 14.2. The molecule has 0 atom stereocenters. The summed E-state index contributed by atoms with van der Waals surface area (Å²) in [4.78, 5) is 4.32. The van der Waals surface area contributed by atoms with Crippen molar-refractivity contribution in [2.75, 3.05) is 0 Å². The second-order valence-corrected chi connectivity index (χ2v) is 6.77. The minimum atomic E-state index is -0.360. The van der Waals surface area contributed by atoms with Gasteiger partial charge in [-0.05, 0) is 43.3 Å². The van der Waals surface area contributed by atoms with Gasteiger partial charge in [-0.15, -0.1) is 5.10 Å². The fourth-order valence-corrected chi connectivity index (χ4v) is 3.39. The number of benzene rings is 2. The number of thioether (sulfide) groups is 1. The predicted molar refractivity (Wildman–Crippen MR) is 98.0 cm³/mol. The molecule has 1 N–H and O–H groups in total. The van der Waals surface area contributed by atoms with Crippen LogP contribution in [0.5, 0.6) is 0 Å². The number of nitrogens with one attached hydrogen (secondary N) is 1. The minimum Gasteiger partial charge on any atom is -0.356 e. The van der Waals surface area contributed by atoms with Gasteiger partial charge in [-0.2, -0.15) is 0 Å². The Morgan fingerprint density at radius 2 is 1.85 bits per heavy atom. The minimum absolute atomic E-state index is 0.304. The van der Waals surface area contributed by atoms with Crippen molar-refractivity contribution in [2.45, 2.75) is 17.8 Å². The van der Waals surface area contributed by atoms with Crippen LogP contribution in [0, 0.1) is 18.6 Å². The summed E-state index contributed by atoms with van der Waals surface area (Å²) in [5.74, 6) is 0.806. The maximum Gasteiger partial charge on any atom is 0.209 e. The number of nitrogens with zero attached hydrogens (tertiary/aromatic N) is 3. The molecule has 0 saturated carbocycles. The van der Waals surface area contributed by atoms with E-state index in [2.05, 4.69) is 20.3 Å². The molecular formula is C19H14F2N4OS. The number of aromatic amines is 1. The summed E-state index contributed by atoms with van der Waals surface area (Å²) in [6.45, 7) is 1.90. The van der Waals surface area contributed by atoms with Crippen LogP contribution in [-0.4, -0.2) is 20.3 Å². The van der Waals surface area contributed by atoms with E-state index >= 15 is 0 Å². The summed E-state index contributed by atoms with van der Waals surface area (Å²) in [6, 6.07) is 12.4. The zero-order chi connectivity index (χ0) is 18.8. The second-order valence-electron chi connectivity index (χ2n) is 5.83. The molecule has 0 unspecified atom stereocenters. The van der Waals surface area contributed by atoms with E-state index < -0.39 is 0 Å². The topological polar surface area (TPSA) is 67.6 Å². The summed E-state index contributed by atoms with van der Waals surface area (Å²) in [7, 11) is 0. The molecule has 0 spiro atoms. The van der Waals surface area contributed by atoms with Gasteiger partial charge in [0.1, 0.15) is 11.6 Å². The van der Waals surface area contributed by atoms with Crippen molar-refractivity contribution < 1.29 is 13.3 Å². The lowest BCUT2D eigenvalue weighted by atomic mass is 10.1. The lowest BCUT2D eigenvalue weighted by molar-refractivity contribution is 0.426. The maximum absolute atomic E-state index is 13.8. The number of halogens is 2. The lowest BCUT2D eigenvalue weighted by Gasteiger charge is -1.98. The molecule has 0 radical (unpaired) electrons. The van der Waals surface area contributed by atoms with Crippen LogP contribution < -0.4 is 0 Å². The monoisotopic (exact) mass is 384 g/mol. The van der Waals surface area contributed by atoms with E-state index in [4.69, 9.17) is 4.52 Å². The van der Waals surface area contributed by atoms with Crippen molar-refractivity contribution in [3.63, 3.8) is 0 Å². The smallest absolute Gasteiger partial charge is 0.209 e. The number of hydrogen-bond acceptors (Lipinski definition) is 5. The van der Waals surface area contributed by atoms with Crippen LogP contribution in [0.25, 0.3) is 22.7 Å². The van der Waals surface area contributed by atoms with E-state index in [1.807, 2.05) is 6.92 Å². The first kappa shape index (κ1) is 17.4. The molecule has 5 nitrogen and oxygen atoms in total. The Labute approximate surface area is 157 Å². The van der Waals surface area contributed by atoms with Crippen LogP contribution in [0.4, 0.5) is 8.78 Å². The van der Waals surface area contributed by atoms with E-state index in [1.54, 1.807) is 30.3 Å². The fraction of sp³-hybridized carbons (Fsp3) is 0.105. The highest BCUT2D eigenvalue weighted by Crippen LogP contribution is 2.29. The van der Waals surface area contributed by atoms with Gasteiger partial charge in [0.2, 0.25) is 5.16 Å². The highest BCUT2D eigenvalue weighted by molar-refractivity contribution is 7.98. The standard InChI is InChI=1S/C19H14F2N4OS/c1-11-16(25-26-17(11)12-6-8-13(20)9-7-12)10-27-19-22-18(23-24-19)14-4-2-3-5-15(14)21/h2-9H,10H2,1H3,(H,22,23,24). The summed E-state index contributed by atoms with van der Waals surface area (Å²) >= 11 is 1.36. The van der Waals surface area contributed by atoms with Crippen molar-refractivity contribution in [1.29, 1.82) is 0 Å². The molecule has 2 heterocycles. The van der Waals surface area contributed by atoms with Crippen molar-refractivity contribution in [1.82, 2.24) is 20.3 Å². The first-order valence-electron chi connectivity index (χ1n) is 8.13. The van der Waals surface area contributed by atoms with E-state index in [9.17, 15) is 8.78 Å². The molecule has 4 aromatic rings. The van der Waals surface area contributed by atoms with Crippen molar-refractivity contribution in [2.24, 2.45) is 0 Å². The second kappa shape index (κ2) is 7.32. The first-order chi connectivity index (χ1) is 13.1. The predicted octanol–water partition coefficient (Wildman–Crippen LogP) is 5.01. The Morgan fingerprint density at radius 3 is 2.63 bits per heavy atom. The molecule has 27 heavy (non-hydrogen) atoms. The molecule has 4 rings (SSSR count). The Morgan fingerprint density at radius 1 is 1.07 bits per heavy atom.